The van der Waals surface area contributed by atoms with Crippen LogP contribution in [0.3, 0.4) is 0 Å². The first-order valence-corrected chi connectivity index (χ1v) is 25.1. The van der Waals surface area contributed by atoms with Crippen molar-refractivity contribution in [3.05, 3.63) is 152 Å². The fourth-order valence-electron chi connectivity index (χ4n) is 9.83. The number of H-pyrrole nitrogens is 2. The third kappa shape index (κ3) is 13.9. The van der Waals surface area contributed by atoms with Gasteiger partial charge in [-0.2, -0.15) is 0 Å². The highest BCUT2D eigenvalue weighted by atomic mass is 16.8. The molecule has 1 amide bonds. The Morgan fingerprint density at radius 2 is 1.37 bits per heavy atom. The van der Waals surface area contributed by atoms with Crippen LogP contribution in [0.5, 0.6) is 0 Å². The quantitative estimate of drug-likeness (QED) is 0.0440. The molecule has 1 aromatic heterocycles. The van der Waals surface area contributed by atoms with Crippen LogP contribution >= 0.6 is 0 Å². The molecule has 0 spiro atoms. The molecule has 12 unspecified atom stereocenters. The van der Waals surface area contributed by atoms with Crippen LogP contribution in [0.25, 0.3) is 0 Å². The predicted molar refractivity (Wildman–Crippen MR) is 263 cm³/mol. The zero-order chi connectivity index (χ0) is 53.9. The lowest BCUT2D eigenvalue weighted by Gasteiger charge is -2.48. The van der Waals surface area contributed by atoms with E-state index in [1.807, 2.05) is 4.98 Å². The Labute approximate surface area is 434 Å². The van der Waals surface area contributed by atoms with Gasteiger partial charge in [0.15, 0.2) is 24.6 Å². The molecule has 404 valence electrons. The molecule has 0 radical (unpaired) electrons. The molecule has 2 aliphatic carbocycles. The minimum absolute atomic E-state index is 0.00439. The van der Waals surface area contributed by atoms with Crippen LogP contribution in [0.15, 0.2) is 118 Å². The number of aromatic nitrogens is 2. The first-order chi connectivity index (χ1) is 36.6. The lowest BCUT2D eigenvalue weighted by atomic mass is 9.82. The van der Waals surface area contributed by atoms with E-state index in [2.05, 4.69) is 10.3 Å². The summed E-state index contributed by atoms with van der Waals surface area (Å²) in [4.78, 5) is 111. The molecule has 3 heterocycles. The van der Waals surface area contributed by atoms with Crippen LogP contribution in [0.4, 0.5) is 0 Å². The summed E-state index contributed by atoms with van der Waals surface area (Å²) < 4.78 is 50.7. The van der Waals surface area contributed by atoms with E-state index in [0.29, 0.717) is 19.1 Å². The Morgan fingerprint density at radius 3 is 1.96 bits per heavy atom. The number of benzene rings is 3. The predicted octanol–water partition coefficient (Wildman–Crippen LogP) is 3.93. The Balaban J connectivity index is 1.24. The van der Waals surface area contributed by atoms with Gasteiger partial charge in [-0.25, -0.2) is 24.0 Å². The number of aldehydes is 1. The van der Waals surface area contributed by atoms with Crippen molar-refractivity contribution in [1.82, 2.24) is 15.3 Å². The van der Waals surface area contributed by atoms with Gasteiger partial charge >= 0.3 is 29.6 Å². The first kappa shape index (κ1) is 54.9. The van der Waals surface area contributed by atoms with Gasteiger partial charge in [0, 0.05) is 12.0 Å². The van der Waals surface area contributed by atoms with Gasteiger partial charge < -0.3 is 68.3 Å². The monoisotopic (exact) mass is 1050 g/mol. The second-order valence-corrected chi connectivity index (χ2v) is 19.1. The van der Waals surface area contributed by atoms with Gasteiger partial charge in [-0.15, -0.1) is 0 Å². The topological polar surface area (TPSA) is 315 Å². The van der Waals surface area contributed by atoms with E-state index in [4.69, 9.17) is 37.9 Å². The molecule has 6 N–H and O–H groups in total. The van der Waals surface area contributed by atoms with Gasteiger partial charge in [0.05, 0.1) is 34.9 Å². The first-order valence-electron chi connectivity index (χ1n) is 25.1. The molecule has 3 aromatic carbocycles. The molecule has 8 rings (SSSR count). The third-order valence-electron chi connectivity index (χ3n) is 13.7. The van der Waals surface area contributed by atoms with E-state index >= 15 is 0 Å². The molecular formula is C54H59N3O19. The zero-order valence-electron chi connectivity index (χ0n) is 41.2. The number of nitrogens with one attached hydrogen (secondary N) is 3. The average Bonchev–Trinajstić information content (AvgIpc) is 3.42. The molecule has 22 heteroatoms. The van der Waals surface area contributed by atoms with Crippen molar-refractivity contribution in [1.29, 1.82) is 0 Å². The summed E-state index contributed by atoms with van der Waals surface area (Å²) in [6, 6.07) is 22.9. The van der Waals surface area contributed by atoms with Gasteiger partial charge in [-0.1, -0.05) is 86.7 Å². The van der Waals surface area contributed by atoms with Crippen molar-refractivity contribution in [3.8, 4) is 0 Å². The van der Waals surface area contributed by atoms with Gasteiger partial charge in [0.1, 0.15) is 48.8 Å². The van der Waals surface area contributed by atoms with Crippen LogP contribution in [0, 0.1) is 11.8 Å². The number of esters is 3. The smallest absolute Gasteiger partial charge is 0.338 e. The maximum absolute atomic E-state index is 14.4. The van der Waals surface area contributed by atoms with E-state index < -0.39 is 139 Å². The normalized spacial score (nSPS) is 28.2. The summed E-state index contributed by atoms with van der Waals surface area (Å²) in [6.45, 7) is 0.791. The van der Waals surface area contributed by atoms with Crippen molar-refractivity contribution >= 4 is 36.1 Å². The summed E-state index contributed by atoms with van der Waals surface area (Å²) in [5.41, 5.74) is -2.17. The number of aliphatic carboxylic acids is 1. The minimum atomic E-state index is -1.92. The number of carbonyl (C=O) groups is 6. The van der Waals surface area contributed by atoms with Crippen molar-refractivity contribution in [2.24, 2.45) is 11.8 Å². The molecule has 22 nitrogen and oxygen atoms in total. The highest BCUT2D eigenvalue weighted by Crippen LogP contribution is 2.38. The Bertz CT molecular complexity index is 2770. The van der Waals surface area contributed by atoms with E-state index in [-0.39, 0.29) is 41.9 Å². The van der Waals surface area contributed by atoms with Gasteiger partial charge in [0.25, 0.3) is 11.5 Å². The summed E-state index contributed by atoms with van der Waals surface area (Å²) in [5.74, 6) is -6.80. The maximum Gasteiger partial charge on any atom is 0.338 e. The standard InChI is InChI=1S/C54H59N3O19/c1-29-37(59)26-38(60)52(70-29)76-43-35(55-47(62)36-25-42(61)57-54(68)56-36)22-31(27-58)24-39(43)72-53-46(75-51(67)34-20-12-5-13-21-34)45(71-40(48(63)64)23-30-14-6-2-7-15-30)44(74-50(66)33-18-10-4-11-19-33)41(73-53)28-69-49(65)32-16-8-3-9-17-32/h3-5,8-13,16-21,25-27,29-31,35,37,39-41,43-46,52-53,59-60H,2,6-7,14-15,22-24,28H2,1H3,(H,55,62)(H,63,64)(H2,56,57,61,68)/t29?,31?,35?,37?,39?,40-,41?,43?,44?,45?,46?,52?,53?/m0/s1. The van der Waals surface area contributed by atoms with Crippen molar-refractivity contribution in [2.75, 3.05) is 6.61 Å². The average molecular weight is 1050 g/mol. The lowest BCUT2D eigenvalue weighted by Crippen LogP contribution is -2.65. The van der Waals surface area contributed by atoms with Crippen LogP contribution in [0.1, 0.15) is 99.9 Å². The number of hydrogen-bond acceptors (Lipinski definition) is 18. The van der Waals surface area contributed by atoms with E-state index in [0.717, 1.165) is 31.4 Å². The molecule has 2 saturated carbocycles. The molecular weight excluding hydrogens is 995 g/mol. The number of rotatable bonds is 19. The summed E-state index contributed by atoms with van der Waals surface area (Å²) in [5, 5.41) is 35.2. The largest absolute Gasteiger partial charge is 0.507 e. The summed E-state index contributed by atoms with van der Waals surface area (Å²) in [7, 11) is 0. The van der Waals surface area contributed by atoms with Crippen LogP contribution in [-0.4, -0.2) is 142 Å². The molecule has 76 heavy (non-hydrogen) atoms. The number of aliphatic hydroxyl groups excluding tert-OH is 2. The number of carboxylic acid groups (broad SMARTS) is 1. The highest BCUT2D eigenvalue weighted by Gasteiger charge is 2.56. The van der Waals surface area contributed by atoms with Gasteiger partial charge in [-0.05, 0) is 74.6 Å². The molecule has 4 aliphatic rings. The summed E-state index contributed by atoms with van der Waals surface area (Å²) in [6.07, 6.45) is -12.0. The Kier molecular flexibility index (Phi) is 18.4. The molecule has 4 aromatic rings. The fourth-order valence-corrected chi connectivity index (χ4v) is 9.83. The number of carboxylic acids is 1. The molecule has 1 saturated heterocycles. The Morgan fingerprint density at radius 1 is 0.763 bits per heavy atom. The van der Waals surface area contributed by atoms with Crippen LogP contribution < -0.4 is 16.6 Å². The van der Waals surface area contributed by atoms with Gasteiger partial charge in [-0.3, -0.25) is 14.6 Å². The fraction of sp³-hybridized carbons (Fsp3) is 0.444. The third-order valence-corrected chi connectivity index (χ3v) is 13.7. The molecule has 13 atom stereocenters. The molecule has 3 fully saturated rings. The van der Waals surface area contributed by atoms with Crippen molar-refractivity contribution in [3.63, 3.8) is 0 Å². The SMILES string of the molecule is CC1OC(OC2C(NC(=O)c3cc(=O)[nH]c(=O)[nH]3)CC(C=O)CC2OC2OC(COC(=O)c3ccccc3)C(OC(=O)c3ccccc3)C(O[C@@H](CC3CCCCC3)C(=O)O)C2OC(=O)c2ccccc2)C(O)=CC1O. The van der Waals surface area contributed by atoms with E-state index in [9.17, 15) is 53.7 Å². The summed E-state index contributed by atoms with van der Waals surface area (Å²) >= 11 is 0. The van der Waals surface area contributed by atoms with Crippen LogP contribution in [0.2, 0.25) is 0 Å². The van der Waals surface area contributed by atoms with E-state index in [1.54, 1.807) is 54.6 Å². The number of hydrogen-bond donors (Lipinski definition) is 6. The van der Waals surface area contributed by atoms with Gasteiger partial charge in [0.2, 0.25) is 6.29 Å². The second-order valence-electron chi connectivity index (χ2n) is 19.1. The van der Waals surface area contributed by atoms with Crippen molar-refractivity contribution < 1.29 is 82.0 Å². The van der Waals surface area contributed by atoms with E-state index in [1.165, 1.54) is 43.3 Å². The second kappa shape index (κ2) is 25.5. The Hall–Kier alpha value is -7.34. The number of carbonyl (C=O) groups excluding carboxylic acids is 5. The maximum atomic E-state index is 14.4. The number of aromatic amines is 2. The zero-order valence-corrected chi connectivity index (χ0v) is 41.2. The number of ether oxygens (including phenoxy) is 8. The van der Waals surface area contributed by atoms with Crippen LogP contribution in [-0.2, 0) is 47.5 Å². The number of amides is 1. The minimum Gasteiger partial charge on any atom is -0.507 e. The number of aliphatic hydroxyl groups is 2. The molecule has 2 aliphatic heterocycles. The lowest BCUT2D eigenvalue weighted by molar-refractivity contribution is -0.334. The molecule has 0 bridgehead atoms. The highest BCUT2D eigenvalue weighted by molar-refractivity contribution is 5.92. The van der Waals surface area contributed by atoms with Crippen molar-refractivity contribution in [2.45, 2.75) is 132 Å².